The van der Waals surface area contributed by atoms with Gasteiger partial charge in [0.1, 0.15) is 5.75 Å². The average Bonchev–Trinajstić information content (AvgIpc) is 2.97. The maximum atomic E-state index is 6.07. The molecule has 0 spiro atoms. The van der Waals surface area contributed by atoms with Crippen LogP contribution in [-0.4, -0.2) is 7.11 Å². The number of methoxy groups -OCH3 is 1. The van der Waals surface area contributed by atoms with E-state index < -0.39 is 0 Å². The van der Waals surface area contributed by atoms with Gasteiger partial charge in [0.2, 0.25) is 0 Å². The zero-order chi connectivity index (χ0) is 14.4. The molecular formula is C16H20ClNOS. The molecule has 0 saturated heterocycles. The van der Waals surface area contributed by atoms with Crippen LogP contribution in [0.1, 0.15) is 36.2 Å². The van der Waals surface area contributed by atoms with Gasteiger partial charge in [-0.25, -0.2) is 0 Å². The normalized spacial score (nSPS) is 12.3. The summed E-state index contributed by atoms with van der Waals surface area (Å²) in [7, 11) is 1.69. The predicted octanol–water partition coefficient (Wildman–Crippen LogP) is 5.04. The Bertz CT molecular complexity index is 527. The number of halogens is 1. The van der Waals surface area contributed by atoms with Crippen molar-refractivity contribution < 1.29 is 4.74 Å². The lowest BCUT2D eigenvalue weighted by molar-refractivity contribution is 0.404. The number of benzene rings is 1. The van der Waals surface area contributed by atoms with Gasteiger partial charge in [0.15, 0.2) is 0 Å². The Labute approximate surface area is 129 Å². The monoisotopic (exact) mass is 309 g/mol. The van der Waals surface area contributed by atoms with Crippen molar-refractivity contribution in [3.63, 3.8) is 0 Å². The number of nitrogens with one attached hydrogen (secondary N) is 1. The average molecular weight is 310 g/mol. The first-order valence-electron chi connectivity index (χ1n) is 6.83. The number of ether oxygens (including phenoxy) is 1. The fraction of sp³-hybridized carbons (Fsp3) is 0.375. The van der Waals surface area contributed by atoms with E-state index in [0.29, 0.717) is 6.04 Å². The van der Waals surface area contributed by atoms with Gasteiger partial charge in [-0.05, 0) is 36.1 Å². The lowest BCUT2D eigenvalue weighted by Crippen LogP contribution is -2.20. The van der Waals surface area contributed by atoms with Gasteiger partial charge < -0.3 is 10.1 Å². The van der Waals surface area contributed by atoms with Crippen molar-refractivity contribution in [3.05, 3.63) is 51.2 Å². The lowest BCUT2D eigenvalue weighted by atomic mass is 10.1. The van der Waals surface area contributed by atoms with Crippen molar-refractivity contribution in [3.8, 4) is 5.75 Å². The third-order valence-electron chi connectivity index (χ3n) is 3.25. The molecule has 4 heteroatoms. The van der Waals surface area contributed by atoms with Crippen molar-refractivity contribution >= 4 is 22.9 Å². The molecule has 1 atom stereocenters. The molecule has 2 rings (SSSR count). The summed E-state index contributed by atoms with van der Waals surface area (Å²) in [5.74, 6) is 0.878. The summed E-state index contributed by atoms with van der Waals surface area (Å²) in [5, 5.41) is 6.48. The maximum Gasteiger partial charge on any atom is 0.123 e. The van der Waals surface area contributed by atoms with Crippen LogP contribution in [0.5, 0.6) is 5.75 Å². The van der Waals surface area contributed by atoms with Gasteiger partial charge in [-0.1, -0.05) is 31.0 Å². The van der Waals surface area contributed by atoms with E-state index in [9.17, 15) is 0 Å². The number of rotatable bonds is 7. The highest BCUT2D eigenvalue weighted by molar-refractivity contribution is 7.10. The van der Waals surface area contributed by atoms with Crippen LogP contribution < -0.4 is 10.1 Å². The fourth-order valence-corrected chi connectivity index (χ4v) is 3.27. The lowest BCUT2D eigenvalue weighted by Gasteiger charge is -2.18. The molecule has 20 heavy (non-hydrogen) atoms. The molecule has 2 nitrogen and oxygen atoms in total. The first kappa shape index (κ1) is 15.4. The maximum absolute atomic E-state index is 6.07. The SMILES string of the molecule is CCCC(NCc1cc(Cl)ccc1OC)c1cccs1. The molecule has 1 unspecified atom stereocenters. The molecule has 1 aromatic heterocycles. The second-order valence-electron chi connectivity index (χ2n) is 4.69. The fourth-order valence-electron chi connectivity index (χ4n) is 2.24. The van der Waals surface area contributed by atoms with Gasteiger partial charge in [0, 0.05) is 28.0 Å². The van der Waals surface area contributed by atoms with Crippen molar-refractivity contribution in [1.82, 2.24) is 5.32 Å². The Morgan fingerprint density at radius 3 is 2.85 bits per heavy atom. The first-order chi connectivity index (χ1) is 9.74. The summed E-state index contributed by atoms with van der Waals surface area (Å²) in [4.78, 5) is 1.38. The number of hydrogen-bond donors (Lipinski definition) is 1. The highest BCUT2D eigenvalue weighted by atomic mass is 35.5. The minimum absolute atomic E-state index is 0.392. The predicted molar refractivity (Wildman–Crippen MR) is 86.8 cm³/mol. The minimum Gasteiger partial charge on any atom is -0.496 e. The van der Waals surface area contributed by atoms with Crippen molar-refractivity contribution in [2.24, 2.45) is 0 Å². The van der Waals surface area contributed by atoms with E-state index in [-0.39, 0.29) is 0 Å². The summed E-state index contributed by atoms with van der Waals surface area (Å²) in [5.41, 5.74) is 1.10. The van der Waals surface area contributed by atoms with Crippen LogP contribution in [0.3, 0.4) is 0 Å². The second kappa shape index (κ2) is 7.67. The Balaban J connectivity index is 2.07. The van der Waals surface area contributed by atoms with Crippen LogP contribution in [0.25, 0.3) is 0 Å². The number of thiophene rings is 1. The molecular weight excluding hydrogens is 290 g/mol. The Morgan fingerprint density at radius 1 is 1.35 bits per heavy atom. The van der Waals surface area contributed by atoms with E-state index in [4.69, 9.17) is 16.3 Å². The van der Waals surface area contributed by atoms with E-state index in [2.05, 4.69) is 29.8 Å². The van der Waals surface area contributed by atoms with Gasteiger partial charge in [0.25, 0.3) is 0 Å². The standard InChI is InChI=1S/C16H20ClNOS/c1-3-5-14(16-6-4-9-20-16)18-11-12-10-13(17)7-8-15(12)19-2/h4,6-10,14,18H,3,5,11H2,1-2H3. The van der Waals surface area contributed by atoms with E-state index >= 15 is 0 Å². The highest BCUT2D eigenvalue weighted by Crippen LogP contribution is 2.26. The van der Waals surface area contributed by atoms with Gasteiger partial charge >= 0.3 is 0 Å². The van der Waals surface area contributed by atoms with Crippen molar-refractivity contribution in [2.75, 3.05) is 7.11 Å². The van der Waals surface area contributed by atoms with Crippen molar-refractivity contribution in [2.45, 2.75) is 32.4 Å². The molecule has 0 amide bonds. The zero-order valence-electron chi connectivity index (χ0n) is 11.9. The molecule has 1 heterocycles. The molecule has 0 fully saturated rings. The van der Waals surface area contributed by atoms with Gasteiger partial charge in [-0.3, -0.25) is 0 Å². The third kappa shape index (κ3) is 3.98. The Kier molecular flexibility index (Phi) is 5.89. The molecule has 1 aromatic carbocycles. The third-order valence-corrected chi connectivity index (χ3v) is 4.47. The summed E-state index contributed by atoms with van der Waals surface area (Å²) >= 11 is 7.87. The van der Waals surface area contributed by atoms with Crippen LogP contribution in [-0.2, 0) is 6.54 Å². The Hall–Kier alpha value is -1.03. The first-order valence-corrected chi connectivity index (χ1v) is 8.09. The van der Waals surface area contributed by atoms with Crippen LogP contribution in [0, 0.1) is 0 Å². The molecule has 108 valence electrons. The van der Waals surface area contributed by atoms with E-state index in [0.717, 1.165) is 35.7 Å². The second-order valence-corrected chi connectivity index (χ2v) is 6.11. The number of hydrogen-bond acceptors (Lipinski definition) is 3. The minimum atomic E-state index is 0.392. The molecule has 0 bridgehead atoms. The smallest absolute Gasteiger partial charge is 0.123 e. The van der Waals surface area contributed by atoms with Gasteiger partial charge in [-0.15, -0.1) is 11.3 Å². The van der Waals surface area contributed by atoms with E-state index in [1.807, 2.05) is 18.2 Å². The molecule has 0 aliphatic rings. The quantitative estimate of drug-likeness (QED) is 0.773. The summed E-state index contributed by atoms with van der Waals surface area (Å²) in [6.45, 7) is 2.97. The molecule has 0 aliphatic heterocycles. The van der Waals surface area contributed by atoms with Crippen LogP contribution in [0.15, 0.2) is 35.7 Å². The molecule has 1 N–H and O–H groups in total. The topological polar surface area (TPSA) is 21.3 Å². The van der Waals surface area contributed by atoms with Crippen molar-refractivity contribution in [1.29, 1.82) is 0 Å². The Morgan fingerprint density at radius 2 is 2.20 bits per heavy atom. The van der Waals surface area contributed by atoms with Gasteiger partial charge in [-0.2, -0.15) is 0 Å². The summed E-state index contributed by atoms with van der Waals surface area (Å²) in [6.07, 6.45) is 2.28. The summed E-state index contributed by atoms with van der Waals surface area (Å²) < 4.78 is 5.39. The van der Waals surface area contributed by atoms with Gasteiger partial charge in [0.05, 0.1) is 7.11 Å². The molecule has 0 aliphatic carbocycles. The van der Waals surface area contributed by atoms with E-state index in [1.54, 1.807) is 18.4 Å². The molecule has 0 saturated carbocycles. The molecule has 0 radical (unpaired) electrons. The highest BCUT2D eigenvalue weighted by Gasteiger charge is 2.12. The van der Waals surface area contributed by atoms with E-state index in [1.165, 1.54) is 4.88 Å². The van der Waals surface area contributed by atoms with Crippen LogP contribution >= 0.6 is 22.9 Å². The van der Waals surface area contributed by atoms with Crippen LogP contribution in [0.2, 0.25) is 5.02 Å². The zero-order valence-corrected chi connectivity index (χ0v) is 13.4. The van der Waals surface area contributed by atoms with Crippen LogP contribution in [0.4, 0.5) is 0 Å². The summed E-state index contributed by atoms with van der Waals surface area (Å²) in [6, 6.07) is 10.4. The molecule has 2 aromatic rings. The largest absolute Gasteiger partial charge is 0.496 e.